The lowest BCUT2D eigenvalue weighted by Crippen LogP contribution is -2.25. The Morgan fingerprint density at radius 1 is 1.09 bits per heavy atom. The van der Waals surface area contributed by atoms with E-state index in [-0.39, 0.29) is 18.9 Å². The standard InChI is InChI=1S/C18H15NO3/c20-17-9-13(18(21)22)10-19(17)14-5-6-16-12(8-14)7-11-3-1-2-4-15(11)16/h1-6,8,13H,7,9-10H2,(H,21,22). The zero-order valence-corrected chi connectivity index (χ0v) is 12.0. The Morgan fingerprint density at radius 2 is 1.86 bits per heavy atom. The molecule has 0 aromatic heterocycles. The minimum Gasteiger partial charge on any atom is -0.481 e. The first kappa shape index (κ1) is 13.1. The van der Waals surface area contributed by atoms with Crippen LogP contribution in [0, 0.1) is 5.92 Å². The second kappa shape index (κ2) is 4.70. The van der Waals surface area contributed by atoms with E-state index in [1.807, 2.05) is 30.3 Å². The monoisotopic (exact) mass is 293 g/mol. The molecule has 0 bridgehead atoms. The largest absolute Gasteiger partial charge is 0.481 e. The Labute approximate surface area is 128 Å². The zero-order chi connectivity index (χ0) is 15.3. The number of nitrogens with zero attached hydrogens (tertiary/aromatic N) is 1. The highest BCUT2D eigenvalue weighted by molar-refractivity contribution is 5.99. The van der Waals surface area contributed by atoms with Crippen molar-refractivity contribution in [3.05, 3.63) is 53.6 Å². The van der Waals surface area contributed by atoms with Crippen molar-refractivity contribution in [3.63, 3.8) is 0 Å². The molecule has 110 valence electrons. The first-order valence-electron chi connectivity index (χ1n) is 7.38. The second-order valence-corrected chi connectivity index (χ2v) is 5.92. The van der Waals surface area contributed by atoms with Crippen LogP contribution in [0.2, 0.25) is 0 Å². The number of benzene rings is 2. The fourth-order valence-electron chi connectivity index (χ4n) is 3.42. The fraction of sp³-hybridized carbons (Fsp3) is 0.222. The van der Waals surface area contributed by atoms with Gasteiger partial charge in [0.25, 0.3) is 0 Å². The van der Waals surface area contributed by atoms with Crippen LogP contribution in [-0.2, 0) is 16.0 Å². The molecule has 1 saturated heterocycles. The van der Waals surface area contributed by atoms with E-state index in [2.05, 4.69) is 12.1 Å². The molecule has 0 radical (unpaired) electrons. The second-order valence-electron chi connectivity index (χ2n) is 5.92. The number of amides is 1. The third-order valence-electron chi connectivity index (χ3n) is 4.56. The van der Waals surface area contributed by atoms with E-state index in [0.29, 0.717) is 0 Å². The predicted molar refractivity (Wildman–Crippen MR) is 82.8 cm³/mol. The number of anilines is 1. The summed E-state index contributed by atoms with van der Waals surface area (Å²) in [7, 11) is 0. The lowest BCUT2D eigenvalue weighted by Gasteiger charge is -2.17. The molecule has 22 heavy (non-hydrogen) atoms. The van der Waals surface area contributed by atoms with Gasteiger partial charge in [-0.1, -0.05) is 30.3 Å². The SMILES string of the molecule is O=C(O)C1CC(=O)N(c2ccc3c(c2)Cc2ccccc2-3)C1. The average Bonchev–Trinajstić information content (AvgIpc) is 3.07. The minimum atomic E-state index is -0.899. The number of carbonyl (C=O) groups is 2. The molecule has 2 aromatic rings. The molecular formula is C18H15NO3. The van der Waals surface area contributed by atoms with Crippen LogP contribution in [0.3, 0.4) is 0 Å². The molecule has 1 fully saturated rings. The number of carboxylic acid groups (broad SMARTS) is 1. The predicted octanol–water partition coefficient (Wildman–Crippen LogP) is 2.70. The van der Waals surface area contributed by atoms with Gasteiger partial charge in [-0.2, -0.15) is 0 Å². The molecule has 1 aliphatic heterocycles. The van der Waals surface area contributed by atoms with Crippen LogP contribution >= 0.6 is 0 Å². The van der Waals surface area contributed by atoms with Gasteiger partial charge >= 0.3 is 5.97 Å². The quantitative estimate of drug-likeness (QED) is 0.790. The van der Waals surface area contributed by atoms with Crippen LogP contribution in [0.4, 0.5) is 5.69 Å². The number of hydrogen-bond donors (Lipinski definition) is 1. The summed E-state index contributed by atoms with van der Waals surface area (Å²) in [4.78, 5) is 24.8. The van der Waals surface area contributed by atoms with E-state index < -0.39 is 11.9 Å². The van der Waals surface area contributed by atoms with Gasteiger partial charge in [0.1, 0.15) is 0 Å². The highest BCUT2D eigenvalue weighted by Crippen LogP contribution is 2.39. The van der Waals surface area contributed by atoms with Gasteiger partial charge in [-0.15, -0.1) is 0 Å². The van der Waals surface area contributed by atoms with E-state index in [0.717, 1.165) is 12.1 Å². The van der Waals surface area contributed by atoms with Gasteiger partial charge in [-0.05, 0) is 40.8 Å². The van der Waals surface area contributed by atoms with Gasteiger partial charge in [-0.3, -0.25) is 9.59 Å². The molecule has 1 amide bonds. The number of hydrogen-bond acceptors (Lipinski definition) is 2. The van der Waals surface area contributed by atoms with Crippen LogP contribution in [0.1, 0.15) is 17.5 Å². The van der Waals surface area contributed by atoms with E-state index in [1.54, 1.807) is 4.90 Å². The number of carbonyl (C=O) groups excluding carboxylic acids is 1. The van der Waals surface area contributed by atoms with Crippen molar-refractivity contribution in [1.29, 1.82) is 0 Å². The van der Waals surface area contributed by atoms with E-state index >= 15 is 0 Å². The highest BCUT2D eigenvalue weighted by atomic mass is 16.4. The molecule has 1 aliphatic carbocycles. The molecule has 4 heteroatoms. The first-order valence-corrected chi connectivity index (χ1v) is 7.38. The van der Waals surface area contributed by atoms with Gasteiger partial charge in [0.05, 0.1) is 5.92 Å². The van der Waals surface area contributed by atoms with Crippen molar-refractivity contribution in [2.75, 3.05) is 11.4 Å². The van der Waals surface area contributed by atoms with Gasteiger partial charge in [-0.25, -0.2) is 0 Å². The molecule has 1 N–H and O–H groups in total. The summed E-state index contributed by atoms with van der Waals surface area (Å²) in [6, 6.07) is 14.3. The zero-order valence-electron chi connectivity index (χ0n) is 12.0. The Morgan fingerprint density at radius 3 is 2.64 bits per heavy atom. The molecule has 1 heterocycles. The molecular weight excluding hydrogens is 278 g/mol. The van der Waals surface area contributed by atoms with Crippen LogP contribution in [0.25, 0.3) is 11.1 Å². The molecule has 2 aliphatic rings. The van der Waals surface area contributed by atoms with Gasteiger partial charge in [0.15, 0.2) is 0 Å². The maximum absolute atomic E-state index is 12.1. The third-order valence-corrected chi connectivity index (χ3v) is 4.56. The maximum Gasteiger partial charge on any atom is 0.308 e. The normalized spacial score (nSPS) is 19.2. The Hall–Kier alpha value is -2.62. The summed E-state index contributed by atoms with van der Waals surface area (Å²) in [5.41, 5.74) is 5.76. The molecule has 0 saturated carbocycles. The molecule has 4 rings (SSSR count). The summed E-state index contributed by atoms with van der Waals surface area (Å²) in [6.07, 6.45) is 0.955. The molecule has 0 spiro atoms. The lowest BCUT2D eigenvalue weighted by atomic mass is 10.1. The lowest BCUT2D eigenvalue weighted by molar-refractivity contribution is -0.141. The summed E-state index contributed by atoms with van der Waals surface area (Å²) in [6.45, 7) is 0.264. The van der Waals surface area contributed by atoms with E-state index in [4.69, 9.17) is 5.11 Å². The highest BCUT2D eigenvalue weighted by Gasteiger charge is 2.35. The van der Waals surface area contributed by atoms with E-state index in [1.165, 1.54) is 22.3 Å². The van der Waals surface area contributed by atoms with Crippen molar-refractivity contribution >= 4 is 17.6 Å². The van der Waals surface area contributed by atoms with Crippen LogP contribution in [-0.4, -0.2) is 23.5 Å². The van der Waals surface area contributed by atoms with Crippen molar-refractivity contribution < 1.29 is 14.7 Å². The topological polar surface area (TPSA) is 57.6 Å². The van der Waals surface area contributed by atoms with Crippen LogP contribution < -0.4 is 4.90 Å². The van der Waals surface area contributed by atoms with E-state index in [9.17, 15) is 9.59 Å². The Kier molecular flexibility index (Phi) is 2.79. The molecule has 1 unspecified atom stereocenters. The van der Waals surface area contributed by atoms with Gasteiger partial charge < -0.3 is 10.0 Å². The van der Waals surface area contributed by atoms with Gasteiger partial charge in [0, 0.05) is 18.7 Å². The Balaban J connectivity index is 1.68. The van der Waals surface area contributed by atoms with Crippen LogP contribution in [0.15, 0.2) is 42.5 Å². The van der Waals surface area contributed by atoms with Crippen molar-refractivity contribution in [2.24, 2.45) is 5.92 Å². The maximum atomic E-state index is 12.1. The van der Waals surface area contributed by atoms with Crippen molar-refractivity contribution in [3.8, 4) is 11.1 Å². The van der Waals surface area contributed by atoms with Crippen molar-refractivity contribution in [2.45, 2.75) is 12.8 Å². The number of fused-ring (bicyclic) bond motifs is 3. The summed E-state index contributed by atoms with van der Waals surface area (Å²) in [5.74, 6) is -1.61. The fourth-order valence-corrected chi connectivity index (χ4v) is 3.42. The minimum absolute atomic E-state index is 0.0899. The van der Waals surface area contributed by atoms with Gasteiger partial charge in [0.2, 0.25) is 5.91 Å². The molecule has 2 aromatic carbocycles. The molecule has 1 atom stereocenters. The summed E-state index contributed by atoms with van der Waals surface area (Å²) in [5, 5.41) is 9.09. The number of carboxylic acids is 1. The molecule has 4 nitrogen and oxygen atoms in total. The third kappa shape index (κ3) is 1.91. The summed E-state index contributed by atoms with van der Waals surface area (Å²) >= 11 is 0. The van der Waals surface area contributed by atoms with Crippen LogP contribution in [0.5, 0.6) is 0 Å². The average molecular weight is 293 g/mol. The Bertz CT molecular complexity index is 797. The number of aliphatic carboxylic acids is 1. The number of rotatable bonds is 2. The smallest absolute Gasteiger partial charge is 0.308 e. The first-order chi connectivity index (χ1) is 10.6. The van der Waals surface area contributed by atoms with Crippen molar-refractivity contribution in [1.82, 2.24) is 0 Å². The summed E-state index contributed by atoms with van der Waals surface area (Å²) < 4.78 is 0.